The molecule has 1 aromatic heterocycles. The SMILES string of the molecule is COc1ccc(-c2nnc(SCC(=O)N/N=C/c3ccccc3OCC(=O)O)n2-c2ccc(OC)cc2)cc1. The number of benzene rings is 3. The lowest BCUT2D eigenvalue weighted by Gasteiger charge is -2.11. The maximum Gasteiger partial charge on any atom is 0.341 e. The first kappa shape index (κ1) is 27.2. The lowest BCUT2D eigenvalue weighted by atomic mass is 10.2. The van der Waals surface area contributed by atoms with Crippen LogP contribution in [0.15, 0.2) is 83.1 Å². The number of carbonyl (C=O) groups excluding carboxylic acids is 1. The number of thioether (sulfide) groups is 1. The second kappa shape index (κ2) is 13.1. The topological polar surface area (TPSA) is 137 Å². The second-order valence-electron chi connectivity index (χ2n) is 7.87. The number of hydrogen-bond acceptors (Lipinski definition) is 9. The first-order valence-corrected chi connectivity index (χ1v) is 12.6. The molecule has 12 heteroatoms. The maximum atomic E-state index is 12.5. The zero-order valence-corrected chi connectivity index (χ0v) is 21.9. The number of rotatable bonds is 12. The van der Waals surface area contributed by atoms with Crippen molar-refractivity contribution in [3.05, 3.63) is 78.4 Å². The van der Waals surface area contributed by atoms with Gasteiger partial charge >= 0.3 is 5.97 Å². The molecule has 0 saturated carbocycles. The number of nitrogens with one attached hydrogen (secondary N) is 1. The van der Waals surface area contributed by atoms with Gasteiger partial charge in [0.25, 0.3) is 5.91 Å². The number of aromatic nitrogens is 3. The van der Waals surface area contributed by atoms with E-state index in [4.69, 9.17) is 19.3 Å². The normalized spacial score (nSPS) is 10.8. The highest BCUT2D eigenvalue weighted by Crippen LogP contribution is 2.29. The Morgan fingerprint density at radius 3 is 2.31 bits per heavy atom. The van der Waals surface area contributed by atoms with Crippen LogP contribution < -0.4 is 19.6 Å². The number of nitrogens with zero attached hydrogens (tertiary/aromatic N) is 4. The minimum atomic E-state index is -1.09. The Labute approximate surface area is 228 Å². The zero-order valence-electron chi connectivity index (χ0n) is 21.1. The summed E-state index contributed by atoms with van der Waals surface area (Å²) in [6.07, 6.45) is 1.39. The second-order valence-corrected chi connectivity index (χ2v) is 8.81. The summed E-state index contributed by atoms with van der Waals surface area (Å²) in [5.74, 6) is 0.926. The Morgan fingerprint density at radius 1 is 0.974 bits per heavy atom. The molecule has 0 saturated heterocycles. The Hall–Kier alpha value is -4.84. The number of ether oxygens (including phenoxy) is 3. The number of carboxylic acids is 1. The van der Waals surface area contributed by atoms with E-state index in [0.29, 0.717) is 28.0 Å². The quantitative estimate of drug-likeness (QED) is 0.155. The molecular formula is C27H25N5O6S. The van der Waals surface area contributed by atoms with E-state index in [0.717, 1.165) is 17.0 Å². The van der Waals surface area contributed by atoms with E-state index < -0.39 is 12.6 Å². The van der Waals surface area contributed by atoms with E-state index >= 15 is 0 Å². The van der Waals surface area contributed by atoms with Crippen LogP contribution in [0.3, 0.4) is 0 Å². The summed E-state index contributed by atoms with van der Waals surface area (Å²) in [6.45, 7) is -0.485. The Morgan fingerprint density at radius 2 is 1.64 bits per heavy atom. The van der Waals surface area contributed by atoms with E-state index in [1.54, 1.807) is 38.5 Å². The molecule has 0 fully saturated rings. The highest BCUT2D eigenvalue weighted by molar-refractivity contribution is 7.99. The molecule has 0 spiro atoms. The summed E-state index contributed by atoms with van der Waals surface area (Å²) in [6, 6.07) is 21.7. The molecule has 1 amide bonds. The monoisotopic (exact) mass is 547 g/mol. The fraction of sp³-hybridized carbons (Fsp3) is 0.148. The van der Waals surface area contributed by atoms with Crippen molar-refractivity contribution in [3.63, 3.8) is 0 Å². The molecule has 200 valence electrons. The van der Waals surface area contributed by atoms with Crippen molar-refractivity contribution in [2.24, 2.45) is 5.10 Å². The van der Waals surface area contributed by atoms with Crippen molar-refractivity contribution < 1.29 is 28.9 Å². The van der Waals surface area contributed by atoms with Crippen LogP contribution in [0, 0.1) is 0 Å². The fourth-order valence-electron chi connectivity index (χ4n) is 3.45. The number of carbonyl (C=O) groups is 2. The summed E-state index contributed by atoms with van der Waals surface area (Å²) >= 11 is 1.20. The third-order valence-corrected chi connectivity index (χ3v) is 6.24. The Bertz CT molecular complexity index is 1450. The van der Waals surface area contributed by atoms with Crippen molar-refractivity contribution in [1.29, 1.82) is 0 Å². The van der Waals surface area contributed by atoms with Gasteiger partial charge in [-0.25, -0.2) is 10.2 Å². The predicted molar refractivity (Wildman–Crippen MR) is 146 cm³/mol. The average Bonchev–Trinajstić information content (AvgIpc) is 3.39. The highest BCUT2D eigenvalue weighted by atomic mass is 32.2. The Balaban J connectivity index is 1.48. The predicted octanol–water partition coefficient (Wildman–Crippen LogP) is 3.66. The van der Waals surface area contributed by atoms with Gasteiger partial charge in [0.15, 0.2) is 17.6 Å². The number of aliphatic carboxylic acids is 1. The summed E-state index contributed by atoms with van der Waals surface area (Å²) in [5, 5.41) is 22.0. The van der Waals surface area contributed by atoms with E-state index in [1.807, 2.05) is 53.1 Å². The fourth-order valence-corrected chi connectivity index (χ4v) is 4.19. The summed E-state index contributed by atoms with van der Waals surface area (Å²) in [7, 11) is 3.20. The van der Waals surface area contributed by atoms with Gasteiger partial charge in [-0.3, -0.25) is 9.36 Å². The number of methoxy groups -OCH3 is 2. The van der Waals surface area contributed by atoms with E-state index in [-0.39, 0.29) is 11.7 Å². The highest BCUT2D eigenvalue weighted by Gasteiger charge is 2.18. The first-order valence-electron chi connectivity index (χ1n) is 11.6. The molecule has 2 N–H and O–H groups in total. The summed E-state index contributed by atoms with van der Waals surface area (Å²) in [5.41, 5.74) is 4.61. The molecule has 0 aliphatic carbocycles. The number of para-hydroxylation sites is 1. The lowest BCUT2D eigenvalue weighted by Crippen LogP contribution is -2.20. The van der Waals surface area contributed by atoms with Gasteiger partial charge < -0.3 is 19.3 Å². The molecule has 0 aliphatic heterocycles. The van der Waals surface area contributed by atoms with Crippen LogP contribution in [0.2, 0.25) is 0 Å². The van der Waals surface area contributed by atoms with Crippen LogP contribution in [0.4, 0.5) is 0 Å². The lowest BCUT2D eigenvalue weighted by molar-refractivity contribution is -0.139. The largest absolute Gasteiger partial charge is 0.497 e. The van der Waals surface area contributed by atoms with E-state index in [2.05, 4.69) is 20.7 Å². The van der Waals surface area contributed by atoms with Crippen molar-refractivity contribution in [2.75, 3.05) is 26.6 Å². The van der Waals surface area contributed by atoms with Crippen molar-refractivity contribution in [3.8, 4) is 34.3 Å². The zero-order chi connectivity index (χ0) is 27.6. The van der Waals surface area contributed by atoms with Gasteiger partial charge in [0.05, 0.1) is 26.2 Å². The van der Waals surface area contributed by atoms with Gasteiger partial charge in [-0.1, -0.05) is 23.9 Å². The van der Waals surface area contributed by atoms with Crippen LogP contribution in [0.25, 0.3) is 17.1 Å². The molecule has 1 heterocycles. The molecule has 0 aliphatic rings. The van der Waals surface area contributed by atoms with Gasteiger partial charge in [-0.2, -0.15) is 5.10 Å². The van der Waals surface area contributed by atoms with Crippen molar-refractivity contribution >= 4 is 29.9 Å². The average molecular weight is 548 g/mol. The standard InChI is InChI=1S/C27H25N5O6S/c1-36-21-11-7-18(8-12-21)26-30-31-27(32(26)20-9-13-22(37-2)14-10-20)39-17-24(33)29-28-15-19-5-3-4-6-23(19)38-16-25(34)35/h3-15H,16-17H2,1-2H3,(H,29,33)(H,34,35)/b28-15+. The number of hydrogen-bond donors (Lipinski definition) is 2. The molecule has 0 radical (unpaired) electrons. The molecule has 0 atom stereocenters. The van der Waals surface area contributed by atoms with Gasteiger partial charge in [-0.05, 0) is 60.7 Å². The smallest absolute Gasteiger partial charge is 0.341 e. The molecule has 4 aromatic rings. The minimum absolute atomic E-state index is 0.0192. The van der Waals surface area contributed by atoms with Gasteiger partial charge in [0.1, 0.15) is 17.2 Å². The number of hydrazone groups is 1. The van der Waals surface area contributed by atoms with Crippen LogP contribution in [0.1, 0.15) is 5.56 Å². The third kappa shape index (κ3) is 7.14. The third-order valence-electron chi connectivity index (χ3n) is 5.31. The van der Waals surface area contributed by atoms with Crippen molar-refractivity contribution in [1.82, 2.24) is 20.2 Å². The first-order chi connectivity index (χ1) is 19.0. The van der Waals surface area contributed by atoms with Crippen LogP contribution in [-0.2, 0) is 9.59 Å². The van der Waals surface area contributed by atoms with E-state index in [9.17, 15) is 9.59 Å². The van der Waals surface area contributed by atoms with Gasteiger partial charge in [0.2, 0.25) is 0 Å². The Kier molecular flexibility index (Phi) is 9.14. The minimum Gasteiger partial charge on any atom is -0.497 e. The molecule has 0 bridgehead atoms. The van der Waals surface area contributed by atoms with Crippen LogP contribution in [0.5, 0.6) is 17.2 Å². The number of carboxylic acid groups (broad SMARTS) is 1. The summed E-state index contributed by atoms with van der Waals surface area (Å²) in [4.78, 5) is 23.3. The van der Waals surface area contributed by atoms with Crippen LogP contribution in [-0.4, -0.2) is 64.5 Å². The molecule has 0 unspecified atom stereocenters. The van der Waals surface area contributed by atoms with Crippen LogP contribution >= 0.6 is 11.8 Å². The molecule has 11 nitrogen and oxygen atoms in total. The molecule has 39 heavy (non-hydrogen) atoms. The molecule has 3 aromatic carbocycles. The number of amides is 1. The van der Waals surface area contributed by atoms with Gasteiger partial charge in [-0.15, -0.1) is 10.2 Å². The van der Waals surface area contributed by atoms with Crippen molar-refractivity contribution in [2.45, 2.75) is 5.16 Å². The molecule has 4 rings (SSSR count). The maximum absolute atomic E-state index is 12.5. The molecular weight excluding hydrogens is 522 g/mol. The summed E-state index contributed by atoms with van der Waals surface area (Å²) < 4.78 is 17.6. The van der Waals surface area contributed by atoms with Gasteiger partial charge in [0, 0.05) is 16.8 Å². The van der Waals surface area contributed by atoms with E-state index in [1.165, 1.54) is 18.0 Å².